The molecule has 38 heavy (non-hydrogen) atoms. The van der Waals surface area contributed by atoms with E-state index >= 15 is 0 Å². The van der Waals surface area contributed by atoms with Gasteiger partial charge in [0.25, 0.3) is 0 Å². The average molecular weight is 523 g/mol. The van der Waals surface area contributed by atoms with Gasteiger partial charge in [0.15, 0.2) is 0 Å². The zero-order valence-corrected chi connectivity index (χ0v) is 27.6. The maximum absolute atomic E-state index is 4.69. The Morgan fingerprint density at radius 1 is 0.947 bits per heavy atom. The topological polar surface area (TPSA) is 0 Å². The number of hydrogen-bond acceptors (Lipinski definition) is 0. The quantitative estimate of drug-likeness (QED) is 0.189. The van der Waals surface area contributed by atoms with Gasteiger partial charge >= 0.3 is 0 Å². The molecule has 0 amide bonds. The van der Waals surface area contributed by atoms with Gasteiger partial charge in [0, 0.05) is 5.92 Å². The fourth-order valence-electron chi connectivity index (χ4n) is 6.76. The summed E-state index contributed by atoms with van der Waals surface area (Å²) in [7, 11) is 0. The second-order valence-corrected chi connectivity index (χ2v) is 12.5. The Morgan fingerprint density at radius 3 is 2.05 bits per heavy atom. The molecule has 2 aliphatic rings. The first-order valence-electron chi connectivity index (χ1n) is 16.7. The van der Waals surface area contributed by atoms with Gasteiger partial charge in [0.1, 0.15) is 0 Å². The number of unbranched alkanes of at least 4 members (excludes halogenated alkanes) is 4. The van der Waals surface area contributed by atoms with E-state index in [0.29, 0.717) is 11.3 Å². The van der Waals surface area contributed by atoms with Gasteiger partial charge in [-0.2, -0.15) is 0 Å². The van der Waals surface area contributed by atoms with Crippen LogP contribution >= 0.6 is 0 Å². The van der Waals surface area contributed by atoms with Crippen molar-refractivity contribution in [2.24, 2.45) is 17.3 Å². The van der Waals surface area contributed by atoms with Crippen LogP contribution in [0, 0.1) is 24.2 Å². The minimum atomic E-state index is 0.416. The molecule has 218 valence electrons. The van der Waals surface area contributed by atoms with E-state index in [1.54, 1.807) is 22.3 Å². The summed E-state index contributed by atoms with van der Waals surface area (Å²) in [6.07, 6.45) is 20.9. The number of allylic oxidation sites excluding steroid dienone is 3. The first kappa shape index (κ1) is 34.7. The van der Waals surface area contributed by atoms with E-state index in [-0.39, 0.29) is 0 Å². The smallest absolute Gasteiger partial charge is 0.00568 e. The molecule has 1 fully saturated rings. The molecule has 0 heteroatoms. The maximum Gasteiger partial charge on any atom is 0.00568 e. The third kappa shape index (κ3) is 9.71. The van der Waals surface area contributed by atoms with E-state index in [0.717, 1.165) is 18.3 Å². The molecule has 0 saturated heterocycles. The van der Waals surface area contributed by atoms with Crippen molar-refractivity contribution in [3.8, 4) is 0 Å². The zero-order chi connectivity index (χ0) is 28.7. The molecule has 0 bridgehead atoms. The number of aryl methyl sites for hydroxylation is 2. The fourth-order valence-corrected chi connectivity index (χ4v) is 6.76. The van der Waals surface area contributed by atoms with Crippen molar-refractivity contribution in [1.82, 2.24) is 0 Å². The minimum absolute atomic E-state index is 0.416. The van der Waals surface area contributed by atoms with E-state index in [2.05, 4.69) is 80.2 Å². The van der Waals surface area contributed by atoms with Crippen LogP contribution in [0.15, 0.2) is 35.9 Å². The molecule has 2 atom stereocenters. The molecule has 0 N–H and O–H groups in total. The Labute approximate surface area is 240 Å². The molecule has 0 aromatic heterocycles. The van der Waals surface area contributed by atoms with Crippen LogP contribution in [0.4, 0.5) is 0 Å². The summed E-state index contributed by atoms with van der Waals surface area (Å²) in [6.45, 7) is 27.4. The van der Waals surface area contributed by atoms with Gasteiger partial charge in [-0.1, -0.05) is 130 Å². The highest BCUT2D eigenvalue weighted by Gasteiger charge is 2.38. The van der Waals surface area contributed by atoms with E-state index in [1.165, 1.54) is 94.6 Å². The molecule has 2 aliphatic carbocycles. The summed E-state index contributed by atoms with van der Waals surface area (Å²) in [6, 6.07) is 5.10. The second-order valence-electron chi connectivity index (χ2n) is 12.5. The van der Waals surface area contributed by atoms with Gasteiger partial charge in [0.2, 0.25) is 0 Å². The summed E-state index contributed by atoms with van der Waals surface area (Å²) in [5.74, 6) is 2.05. The first-order valence-corrected chi connectivity index (χ1v) is 16.7. The van der Waals surface area contributed by atoms with Crippen molar-refractivity contribution in [2.45, 2.75) is 165 Å². The molecular weight excluding hydrogens is 456 g/mol. The molecule has 1 aromatic carbocycles. The highest BCUT2D eigenvalue weighted by atomic mass is 14.4. The molecule has 0 radical (unpaired) electrons. The largest absolute Gasteiger partial charge is 0.0990 e. The molecule has 1 saturated carbocycles. The van der Waals surface area contributed by atoms with Crippen LogP contribution in [0.3, 0.4) is 0 Å². The minimum Gasteiger partial charge on any atom is -0.0990 e. The predicted molar refractivity (Wildman–Crippen MR) is 174 cm³/mol. The Bertz CT molecular complexity index is 824. The summed E-state index contributed by atoms with van der Waals surface area (Å²) in [4.78, 5) is 0. The zero-order valence-electron chi connectivity index (χ0n) is 27.6. The van der Waals surface area contributed by atoms with Gasteiger partial charge in [-0.3, -0.25) is 0 Å². The van der Waals surface area contributed by atoms with Crippen molar-refractivity contribution in [2.75, 3.05) is 0 Å². The molecule has 0 heterocycles. The third-order valence-corrected chi connectivity index (χ3v) is 9.44. The SMILES string of the molecule is C=C(Cc1cc(CCCCC)cc(C)c1C1C=C(C)CCC1C(C)C)C1(CC)CCC1.CC.CCCCC. The summed E-state index contributed by atoms with van der Waals surface area (Å²) in [5.41, 5.74) is 9.82. The van der Waals surface area contributed by atoms with Gasteiger partial charge in [-0.05, 0) is 105 Å². The van der Waals surface area contributed by atoms with Crippen LogP contribution in [-0.4, -0.2) is 0 Å². The monoisotopic (exact) mass is 523 g/mol. The lowest BCUT2D eigenvalue weighted by molar-refractivity contribution is 0.175. The lowest BCUT2D eigenvalue weighted by Crippen LogP contribution is -2.31. The molecule has 1 aromatic rings. The Morgan fingerprint density at radius 2 is 1.58 bits per heavy atom. The fraction of sp³-hybridized carbons (Fsp3) is 0.737. The molecule has 2 unspecified atom stereocenters. The second kappa shape index (κ2) is 18.1. The maximum atomic E-state index is 4.69. The van der Waals surface area contributed by atoms with Crippen LogP contribution in [0.25, 0.3) is 0 Å². The van der Waals surface area contributed by atoms with E-state index in [9.17, 15) is 0 Å². The van der Waals surface area contributed by atoms with Crippen molar-refractivity contribution in [1.29, 1.82) is 0 Å². The van der Waals surface area contributed by atoms with Gasteiger partial charge < -0.3 is 0 Å². The first-order chi connectivity index (χ1) is 18.2. The molecule has 3 rings (SSSR count). The van der Waals surface area contributed by atoms with Crippen LogP contribution in [0.2, 0.25) is 0 Å². The number of rotatable bonds is 12. The Hall–Kier alpha value is -1.30. The van der Waals surface area contributed by atoms with E-state index in [1.807, 2.05) is 13.8 Å². The summed E-state index contributed by atoms with van der Waals surface area (Å²) in [5, 5.41) is 0. The standard InChI is InChI=1S/C31H48.C5H12.C2H6/c1-8-10-11-13-26-19-24(6)30(29-18-23(5)14-15-28(29)22(3)4)27(21-26)20-25(7)31(9-2)16-12-17-31;1-3-5-4-2;1-2/h18-19,21-22,28-29H,7-17,20H2,1-6H3;3-5H2,1-2H3;1-2H3. The van der Waals surface area contributed by atoms with Crippen LogP contribution in [0.1, 0.15) is 168 Å². The molecule has 0 spiro atoms. The normalized spacial score (nSPS) is 19.9. The highest BCUT2D eigenvalue weighted by Crippen LogP contribution is 2.51. The van der Waals surface area contributed by atoms with Gasteiger partial charge in [0.05, 0.1) is 0 Å². The van der Waals surface area contributed by atoms with Crippen LogP contribution in [-0.2, 0) is 12.8 Å². The van der Waals surface area contributed by atoms with Crippen molar-refractivity contribution in [3.63, 3.8) is 0 Å². The number of hydrogen-bond donors (Lipinski definition) is 0. The Kier molecular flexibility index (Phi) is 16.6. The van der Waals surface area contributed by atoms with Gasteiger partial charge in [-0.15, -0.1) is 0 Å². The third-order valence-electron chi connectivity index (χ3n) is 9.44. The van der Waals surface area contributed by atoms with E-state index < -0.39 is 0 Å². The lowest BCUT2D eigenvalue weighted by atomic mass is 9.61. The lowest BCUT2D eigenvalue weighted by Gasteiger charge is -2.44. The predicted octanol–water partition coefficient (Wildman–Crippen LogP) is 12.7. The van der Waals surface area contributed by atoms with E-state index in [4.69, 9.17) is 0 Å². The van der Waals surface area contributed by atoms with Crippen LogP contribution < -0.4 is 0 Å². The molecule has 0 aliphatic heterocycles. The summed E-state index contributed by atoms with van der Waals surface area (Å²) < 4.78 is 0. The van der Waals surface area contributed by atoms with Crippen molar-refractivity contribution in [3.05, 3.63) is 58.2 Å². The molecule has 0 nitrogen and oxygen atoms in total. The molecular formula is C38H66. The Balaban J connectivity index is 0.000000924. The number of benzene rings is 1. The van der Waals surface area contributed by atoms with Crippen molar-refractivity contribution >= 4 is 0 Å². The summed E-state index contributed by atoms with van der Waals surface area (Å²) >= 11 is 0. The van der Waals surface area contributed by atoms with Crippen molar-refractivity contribution < 1.29 is 0 Å². The van der Waals surface area contributed by atoms with Gasteiger partial charge in [-0.25, -0.2) is 0 Å². The van der Waals surface area contributed by atoms with Crippen LogP contribution in [0.5, 0.6) is 0 Å². The highest BCUT2D eigenvalue weighted by molar-refractivity contribution is 5.46. The average Bonchev–Trinajstić information content (AvgIpc) is 2.85.